The van der Waals surface area contributed by atoms with Crippen molar-refractivity contribution in [2.75, 3.05) is 0 Å². The van der Waals surface area contributed by atoms with Crippen LogP contribution in [0.3, 0.4) is 0 Å². The Kier molecular flexibility index (Phi) is 16.5. The van der Waals surface area contributed by atoms with Gasteiger partial charge >= 0.3 is 0 Å². The molecule has 0 saturated heterocycles. The van der Waals surface area contributed by atoms with Crippen molar-refractivity contribution < 1.29 is 0 Å². The molecular formula is C14H28. The Morgan fingerprint density at radius 2 is 0.571 bits per heavy atom. The maximum Gasteiger partial charge on any atom is -0.0440 e. The normalized spacial score (nSPS) is 7.14. The summed E-state index contributed by atoms with van der Waals surface area (Å²) in [5.74, 6) is 0. The average Bonchev–Trinajstić information content (AvgIpc) is 1.83. The summed E-state index contributed by atoms with van der Waals surface area (Å²) < 4.78 is 0. The van der Waals surface area contributed by atoms with Gasteiger partial charge in [0.2, 0.25) is 0 Å². The van der Waals surface area contributed by atoms with Crippen molar-refractivity contribution in [3.8, 4) is 0 Å². The molecule has 0 nitrogen and oxygen atoms in total. The van der Waals surface area contributed by atoms with Crippen molar-refractivity contribution in [1.82, 2.24) is 0 Å². The minimum atomic E-state index is 1.17. The average molecular weight is 196 g/mol. The van der Waals surface area contributed by atoms with E-state index in [0.717, 1.165) is 0 Å². The maximum atomic E-state index is 3.56. The Morgan fingerprint density at radius 3 is 0.571 bits per heavy atom. The minimum Gasteiger partial charge on any atom is -0.100 e. The highest BCUT2D eigenvalue weighted by Gasteiger charge is 1.75. The Labute approximate surface area is 91.4 Å². The molecule has 0 aromatic rings. The second-order valence-electron chi connectivity index (χ2n) is 4.41. The van der Waals surface area contributed by atoms with Crippen LogP contribution in [0.2, 0.25) is 0 Å². The van der Waals surface area contributed by atoms with E-state index in [1.807, 2.05) is 27.7 Å². The molecule has 0 aromatic carbocycles. The fourth-order valence-electron chi connectivity index (χ4n) is 0. The smallest absolute Gasteiger partial charge is 0.0440 e. The number of hydrogen-bond acceptors (Lipinski definition) is 0. The number of rotatable bonds is 0. The van der Waals surface area contributed by atoms with Crippen LogP contribution in [-0.4, -0.2) is 0 Å². The third-order valence-electron chi connectivity index (χ3n) is 1.00. The first-order valence-electron chi connectivity index (χ1n) is 4.96. The van der Waals surface area contributed by atoms with Gasteiger partial charge in [-0.3, -0.25) is 0 Å². The standard InChI is InChI=1S/C6H12.2C4H8/c1-5(2)6(3)4;2*1-4(2)3/h1-4H3;2*1H2,2-3H3. The van der Waals surface area contributed by atoms with Crippen LogP contribution >= 0.6 is 0 Å². The zero-order valence-corrected chi connectivity index (χ0v) is 11.4. The van der Waals surface area contributed by atoms with Crippen molar-refractivity contribution in [3.63, 3.8) is 0 Å². The summed E-state index contributed by atoms with van der Waals surface area (Å²) in [5, 5.41) is 0. The van der Waals surface area contributed by atoms with Crippen LogP contribution in [0.25, 0.3) is 0 Å². The SMILES string of the molecule is C=C(C)C.C=C(C)C.CC(C)=C(C)C. The Morgan fingerprint density at radius 1 is 0.500 bits per heavy atom. The van der Waals surface area contributed by atoms with E-state index in [-0.39, 0.29) is 0 Å². The zero-order valence-electron chi connectivity index (χ0n) is 11.4. The fourth-order valence-corrected chi connectivity index (χ4v) is 0. The van der Waals surface area contributed by atoms with Crippen LogP contribution < -0.4 is 0 Å². The number of allylic oxidation sites excluding steroid dienone is 4. The molecule has 0 saturated carbocycles. The van der Waals surface area contributed by atoms with Gasteiger partial charge in [0.05, 0.1) is 0 Å². The summed E-state index contributed by atoms with van der Waals surface area (Å²) in [4.78, 5) is 0. The highest BCUT2D eigenvalue weighted by molar-refractivity contribution is 5.02. The molecule has 0 unspecified atom stereocenters. The van der Waals surface area contributed by atoms with E-state index in [4.69, 9.17) is 0 Å². The van der Waals surface area contributed by atoms with Gasteiger partial charge in [-0.1, -0.05) is 22.3 Å². The lowest BCUT2D eigenvalue weighted by Crippen LogP contribution is -1.66. The molecule has 0 amide bonds. The lowest BCUT2D eigenvalue weighted by molar-refractivity contribution is 1.23. The van der Waals surface area contributed by atoms with E-state index in [0.29, 0.717) is 0 Å². The topological polar surface area (TPSA) is 0 Å². The van der Waals surface area contributed by atoms with Crippen molar-refractivity contribution in [3.05, 3.63) is 35.5 Å². The first kappa shape index (κ1) is 18.9. The third kappa shape index (κ3) is 113. The van der Waals surface area contributed by atoms with Crippen molar-refractivity contribution >= 4 is 0 Å². The van der Waals surface area contributed by atoms with E-state index in [1.165, 1.54) is 22.3 Å². The highest BCUT2D eigenvalue weighted by Crippen LogP contribution is 1.96. The molecule has 0 aliphatic carbocycles. The van der Waals surface area contributed by atoms with E-state index in [9.17, 15) is 0 Å². The Bertz CT molecular complexity index is 154. The second kappa shape index (κ2) is 12.2. The number of hydrogen-bond donors (Lipinski definition) is 0. The summed E-state index contributed by atoms with van der Waals surface area (Å²) in [6.07, 6.45) is 0. The van der Waals surface area contributed by atoms with E-state index in [2.05, 4.69) is 40.9 Å². The zero-order chi connectivity index (χ0) is 12.3. The van der Waals surface area contributed by atoms with Gasteiger partial charge in [0.15, 0.2) is 0 Å². The van der Waals surface area contributed by atoms with Crippen LogP contribution in [-0.2, 0) is 0 Å². The first-order valence-corrected chi connectivity index (χ1v) is 4.96. The highest BCUT2D eigenvalue weighted by atomic mass is 13.8. The molecule has 0 aliphatic rings. The van der Waals surface area contributed by atoms with Gasteiger partial charge in [0, 0.05) is 0 Å². The molecule has 0 atom stereocenters. The molecule has 0 radical (unpaired) electrons. The lowest BCUT2D eigenvalue weighted by atomic mass is 10.2. The summed E-state index contributed by atoms with van der Waals surface area (Å²) in [6.45, 7) is 23.5. The second-order valence-corrected chi connectivity index (χ2v) is 4.41. The van der Waals surface area contributed by atoms with Gasteiger partial charge in [0.25, 0.3) is 0 Å². The van der Waals surface area contributed by atoms with Gasteiger partial charge < -0.3 is 0 Å². The molecule has 0 N–H and O–H groups in total. The van der Waals surface area contributed by atoms with Gasteiger partial charge in [-0.25, -0.2) is 0 Å². The van der Waals surface area contributed by atoms with Gasteiger partial charge in [-0.15, -0.1) is 13.2 Å². The summed E-state index contributed by atoms with van der Waals surface area (Å²) >= 11 is 0. The molecule has 0 heteroatoms. The molecule has 0 fully saturated rings. The molecule has 0 spiro atoms. The van der Waals surface area contributed by atoms with Crippen molar-refractivity contribution in [2.45, 2.75) is 55.4 Å². The lowest BCUT2D eigenvalue weighted by Gasteiger charge is -1.88. The molecule has 84 valence electrons. The molecule has 0 bridgehead atoms. The van der Waals surface area contributed by atoms with Gasteiger partial charge in [-0.05, 0) is 55.4 Å². The van der Waals surface area contributed by atoms with Crippen LogP contribution in [0.15, 0.2) is 35.5 Å². The largest absolute Gasteiger partial charge is 0.100 e. The summed E-state index contributed by atoms with van der Waals surface area (Å²) in [7, 11) is 0. The van der Waals surface area contributed by atoms with E-state index < -0.39 is 0 Å². The molecule has 0 rings (SSSR count). The van der Waals surface area contributed by atoms with E-state index >= 15 is 0 Å². The third-order valence-corrected chi connectivity index (χ3v) is 1.00. The molecule has 0 heterocycles. The van der Waals surface area contributed by atoms with Crippen molar-refractivity contribution in [2.24, 2.45) is 0 Å². The molecular weight excluding hydrogens is 168 g/mol. The predicted octanol–water partition coefficient (Wildman–Crippen LogP) is 5.53. The Balaban J connectivity index is -0.000000135. The monoisotopic (exact) mass is 196 g/mol. The summed E-state index contributed by atoms with van der Waals surface area (Å²) in [5.41, 5.74) is 5.19. The van der Waals surface area contributed by atoms with Crippen molar-refractivity contribution in [1.29, 1.82) is 0 Å². The summed E-state index contributed by atoms with van der Waals surface area (Å²) in [6, 6.07) is 0. The van der Waals surface area contributed by atoms with Crippen LogP contribution in [0, 0.1) is 0 Å². The van der Waals surface area contributed by atoms with Crippen LogP contribution in [0.5, 0.6) is 0 Å². The predicted molar refractivity (Wildman–Crippen MR) is 70.7 cm³/mol. The van der Waals surface area contributed by atoms with Gasteiger partial charge in [-0.2, -0.15) is 0 Å². The first-order chi connectivity index (χ1) is 6.11. The molecule has 0 aliphatic heterocycles. The quantitative estimate of drug-likeness (QED) is 0.447. The molecule has 14 heavy (non-hydrogen) atoms. The Hall–Kier alpha value is -0.780. The maximum absolute atomic E-state index is 3.56. The minimum absolute atomic E-state index is 1.17. The van der Waals surface area contributed by atoms with Gasteiger partial charge in [0.1, 0.15) is 0 Å². The van der Waals surface area contributed by atoms with Crippen LogP contribution in [0.4, 0.5) is 0 Å². The van der Waals surface area contributed by atoms with Crippen LogP contribution in [0.1, 0.15) is 55.4 Å². The van der Waals surface area contributed by atoms with E-state index in [1.54, 1.807) is 0 Å². The molecule has 0 aromatic heterocycles. The fraction of sp³-hybridized carbons (Fsp3) is 0.571.